The lowest BCUT2D eigenvalue weighted by molar-refractivity contribution is -0.123. The maximum absolute atomic E-state index is 12.1. The molecule has 0 saturated heterocycles. The van der Waals surface area contributed by atoms with Crippen LogP contribution in [0.2, 0.25) is 0 Å². The van der Waals surface area contributed by atoms with Gasteiger partial charge in [0, 0.05) is 24.8 Å². The molecule has 7 heteroatoms. The van der Waals surface area contributed by atoms with E-state index in [9.17, 15) is 14.4 Å². The van der Waals surface area contributed by atoms with Crippen LogP contribution in [0.25, 0.3) is 0 Å². The fraction of sp³-hybridized carbons (Fsp3) is 0.500. The third-order valence-corrected chi connectivity index (χ3v) is 3.38. The molecule has 3 amide bonds. The van der Waals surface area contributed by atoms with E-state index in [0.29, 0.717) is 30.4 Å². The third-order valence-electron chi connectivity index (χ3n) is 3.38. The van der Waals surface area contributed by atoms with Gasteiger partial charge in [-0.15, -0.1) is 0 Å². The number of carbonyl (C=O) groups is 3. The van der Waals surface area contributed by atoms with Crippen LogP contribution in [0.15, 0.2) is 24.3 Å². The van der Waals surface area contributed by atoms with E-state index in [-0.39, 0.29) is 30.8 Å². The summed E-state index contributed by atoms with van der Waals surface area (Å²) in [6.07, 6.45) is 0. The molecule has 0 heterocycles. The van der Waals surface area contributed by atoms with Crippen LogP contribution in [-0.4, -0.2) is 48.8 Å². The SMILES string of the molecule is CCN(CC(=O)NCC(C)C)CC(=O)Nc1ccc(NC(C)=O)cc1. The van der Waals surface area contributed by atoms with Gasteiger partial charge in [-0.3, -0.25) is 19.3 Å². The summed E-state index contributed by atoms with van der Waals surface area (Å²) in [6, 6.07) is 6.87. The first kappa shape index (κ1) is 20.6. The normalized spacial score (nSPS) is 10.6. The summed E-state index contributed by atoms with van der Waals surface area (Å²) in [5, 5.41) is 8.29. The molecule has 0 saturated carbocycles. The molecule has 1 aromatic rings. The Bertz CT molecular complexity index is 584. The molecule has 0 spiro atoms. The average molecular weight is 348 g/mol. The Morgan fingerprint density at radius 1 is 0.960 bits per heavy atom. The lowest BCUT2D eigenvalue weighted by Crippen LogP contribution is -2.41. The van der Waals surface area contributed by atoms with E-state index < -0.39 is 0 Å². The molecule has 25 heavy (non-hydrogen) atoms. The maximum Gasteiger partial charge on any atom is 0.238 e. The van der Waals surface area contributed by atoms with Crippen molar-refractivity contribution in [3.8, 4) is 0 Å². The molecule has 0 bridgehead atoms. The molecule has 0 radical (unpaired) electrons. The third kappa shape index (κ3) is 8.85. The van der Waals surface area contributed by atoms with Crippen LogP contribution in [-0.2, 0) is 14.4 Å². The highest BCUT2D eigenvalue weighted by atomic mass is 16.2. The molecule has 0 unspecified atom stereocenters. The van der Waals surface area contributed by atoms with Crippen molar-refractivity contribution in [2.75, 3.05) is 36.8 Å². The number of benzene rings is 1. The fourth-order valence-electron chi connectivity index (χ4n) is 2.10. The number of anilines is 2. The van der Waals surface area contributed by atoms with E-state index >= 15 is 0 Å². The van der Waals surface area contributed by atoms with E-state index in [4.69, 9.17) is 0 Å². The topological polar surface area (TPSA) is 90.5 Å². The molecule has 3 N–H and O–H groups in total. The summed E-state index contributed by atoms with van der Waals surface area (Å²) in [6.45, 7) is 8.97. The highest BCUT2D eigenvalue weighted by Gasteiger charge is 2.13. The van der Waals surface area contributed by atoms with E-state index in [2.05, 4.69) is 16.0 Å². The van der Waals surface area contributed by atoms with Crippen molar-refractivity contribution in [3.05, 3.63) is 24.3 Å². The van der Waals surface area contributed by atoms with Gasteiger partial charge in [-0.05, 0) is 36.7 Å². The van der Waals surface area contributed by atoms with Crippen LogP contribution in [0.5, 0.6) is 0 Å². The van der Waals surface area contributed by atoms with Crippen molar-refractivity contribution in [2.45, 2.75) is 27.7 Å². The zero-order valence-electron chi connectivity index (χ0n) is 15.4. The molecule has 138 valence electrons. The number of hydrogen-bond donors (Lipinski definition) is 3. The molecular weight excluding hydrogens is 320 g/mol. The van der Waals surface area contributed by atoms with Crippen molar-refractivity contribution >= 4 is 29.1 Å². The van der Waals surface area contributed by atoms with Crippen molar-refractivity contribution < 1.29 is 14.4 Å². The van der Waals surface area contributed by atoms with Crippen LogP contribution in [0.4, 0.5) is 11.4 Å². The molecule has 0 atom stereocenters. The Hall–Kier alpha value is -2.41. The molecule has 1 rings (SSSR count). The van der Waals surface area contributed by atoms with Gasteiger partial charge in [0.15, 0.2) is 0 Å². The van der Waals surface area contributed by atoms with Gasteiger partial charge in [-0.25, -0.2) is 0 Å². The Morgan fingerprint density at radius 3 is 1.96 bits per heavy atom. The second-order valence-electron chi connectivity index (χ2n) is 6.31. The van der Waals surface area contributed by atoms with Crippen molar-refractivity contribution in [3.63, 3.8) is 0 Å². The first-order valence-electron chi connectivity index (χ1n) is 8.46. The predicted octanol–water partition coefficient (Wildman–Crippen LogP) is 1.68. The molecular formula is C18H28N4O3. The standard InChI is InChI=1S/C18H28N4O3/c1-5-22(11-17(24)19-10-13(2)3)12-18(25)21-16-8-6-15(7-9-16)20-14(4)23/h6-9,13H,5,10-12H2,1-4H3,(H,19,24)(H,20,23)(H,21,25). The van der Waals surface area contributed by atoms with E-state index in [0.717, 1.165) is 0 Å². The Morgan fingerprint density at radius 2 is 1.48 bits per heavy atom. The Kier molecular flexibility index (Phi) is 8.63. The van der Waals surface area contributed by atoms with Gasteiger partial charge >= 0.3 is 0 Å². The van der Waals surface area contributed by atoms with Gasteiger partial charge < -0.3 is 16.0 Å². The van der Waals surface area contributed by atoms with Gasteiger partial charge in [0.1, 0.15) is 0 Å². The van der Waals surface area contributed by atoms with Crippen LogP contribution in [0.1, 0.15) is 27.7 Å². The molecule has 0 aliphatic rings. The van der Waals surface area contributed by atoms with E-state index in [1.54, 1.807) is 29.2 Å². The first-order valence-corrected chi connectivity index (χ1v) is 8.46. The number of rotatable bonds is 9. The first-order chi connectivity index (χ1) is 11.8. The molecule has 7 nitrogen and oxygen atoms in total. The van der Waals surface area contributed by atoms with Crippen LogP contribution < -0.4 is 16.0 Å². The van der Waals surface area contributed by atoms with Gasteiger partial charge in [0.05, 0.1) is 13.1 Å². The molecule has 0 fully saturated rings. The minimum absolute atomic E-state index is 0.0805. The predicted molar refractivity (Wildman–Crippen MR) is 99.3 cm³/mol. The molecule has 1 aromatic carbocycles. The number of nitrogens with one attached hydrogen (secondary N) is 3. The van der Waals surface area contributed by atoms with E-state index in [1.165, 1.54) is 6.92 Å². The van der Waals surface area contributed by atoms with Crippen LogP contribution in [0.3, 0.4) is 0 Å². The quantitative estimate of drug-likeness (QED) is 0.633. The maximum atomic E-state index is 12.1. The summed E-state index contributed by atoms with van der Waals surface area (Å²) in [5.74, 6) is -0.0253. The molecule has 0 aliphatic heterocycles. The largest absolute Gasteiger partial charge is 0.355 e. The molecule has 0 aromatic heterocycles. The zero-order chi connectivity index (χ0) is 18.8. The van der Waals surface area contributed by atoms with Crippen molar-refractivity contribution in [1.82, 2.24) is 10.2 Å². The van der Waals surface area contributed by atoms with E-state index in [1.807, 2.05) is 20.8 Å². The highest BCUT2D eigenvalue weighted by molar-refractivity contribution is 5.93. The summed E-state index contributed by atoms with van der Waals surface area (Å²) < 4.78 is 0. The van der Waals surface area contributed by atoms with Crippen LogP contribution >= 0.6 is 0 Å². The number of likely N-dealkylation sites (N-methyl/N-ethyl adjacent to an activating group) is 1. The van der Waals surface area contributed by atoms with Gasteiger partial charge in [-0.1, -0.05) is 20.8 Å². The van der Waals surface area contributed by atoms with Gasteiger partial charge in [0.25, 0.3) is 0 Å². The Labute approximate surface area is 149 Å². The monoisotopic (exact) mass is 348 g/mol. The summed E-state index contributed by atoms with van der Waals surface area (Å²) in [7, 11) is 0. The highest BCUT2D eigenvalue weighted by Crippen LogP contribution is 2.13. The van der Waals surface area contributed by atoms with Crippen molar-refractivity contribution in [2.24, 2.45) is 5.92 Å². The molecule has 0 aliphatic carbocycles. The van der Waals surface area contributed by atoms with Gasteiger partial charge in [0.2, 0.25) is 17.7 Å². The number of amides is 3. The fourth-order valence-corrected chi connectivity index (χ4v) is 2.10. The smallest absolute Gasteiger partial charge is 0.238 e. The van der Waals surface area contributed by atoms with Gasteiger partial charge in [-0.2, -0.15) is 0 Å². The number of carbonyl (C=O) groups excluding carboxylic acids is 3. The van der Waals surface area contributed by atoms with Crippen molar-refractivity contribution in [1.29, 1.82) is 0 Å². The lowest BCUT2D eigenvalue weighted by atomic mass is 10.2. The summed E-state index contributed by atoms with van der Waals surface area (Å²) in [5.41, 5.74) is 1.31. The average Bonchev–Trinajstić information content (AvgIpc) is 2.53. The number of hydrogen-bond acceptors (Lipinski definition) is 4. The van der Waals surface area contributed by atoms with Crippen LogP contribution in [0, 0.1) is 5.92 Å². The minimum atomic E-state index is -0.189. The summed E-state index contributed by atoms with van der Waals surface area (Å²) in [4.78, 5) is 36.8. The second kappa shape index (κ2) is 10.5. The lowest BCUT2D eigenvalue weighted by Gasteiger charge is -2.19. The number of nitrogens with zero attached hydrogens (tertiary/aromatic N) is 1. The second-order valence-corrected chi connectivity index (χ2v) is 6.31. The summed E-state index contributed by atoms with van der Waals surface area (Å²) >= 11 is 0. The zero-order valence-corrected chi connectivity index (χ0v) is 15.4. The minimum Gasteiger partial charge on any atom is -0.355 e. The Balaban J connectivity index is 2.47.